The minimum absolute atomic E-state index is 0.00829. The van der Waals surface area contributed by atoms with Crippen molar-refractivity contribution < 1.29 is 9.18 Å². The minimum atomic E-state index is -0.817. The Bertz CT molecular complexity index is 1600. The van der Waals surface area contributed by atoms with Gasteiger partial charge in [-0.3, -0.25) is 29.1 Å². The van der Waals surface area contributed by atoms with E-state index in [1.165, 1.54) is 41.5 Å². The Kier molecular flexibility index (Phi) is 11.8. The van der Waals surface area contributed by atoms with Gasteiger partial charge in [-0.05, 0) is 36.6 Å². The molecule has 0 bridgehead atoms. The molecule has 1 amide bonds. The van der Waals surface area contributed by atoms with E-state index in [9.17, 15) is 9.59 Å². The van der Waals surface area contributed by atoms with Crippen LogP contribution in [0.3, 0.4) is 0 Å². The van der Waals surface area contributed by atoms with Gasteiger partial charge in [0.2, 0.25) is 6.41 Å². The Morgan fingerprint density at radius 2 is 1.98 bits per heavy atom. The Morgan fingerprint density at radius 3 is 2.58 bits per heavy atom. The van der Waals surface area contributed by atoms with Crippen LogP contribution in [0, 0.1) is 11.7 Å². The lowest BCUT2D eigenvalue weighted by Gasteiger charge is -2.22. The summed E-state index contributed by atoms with van der Waals surface area (Å²) in [5.41, 5.74) is 12.8. The maximum absolute atomic E-state index is 15.3. The van der Waals surface area contributed by atoms with Crippen molar-refractivity contribution in [1.29, 1.82) is 0 Å². The molecule has 1 aromatic carbocycles. The van der Waals surface area contributed by atoms with E-state index in [0.717, 1.165) is 17.9 Å². The second kappa shape index (κ2) is 15.3. The number of aliphatic imine (C=N–C) groups is 1. The average molecular weight is 631 g/mol. The van der Waals surface area contributed by atoms with Crippen molar-refractivity contribution in [2.24, 2.45) is 28.2 Å². The summed E-state index contributed by atoms with van der Waals surface area (Å²) < 4.78 is 16.8. The summed E-state index contributed by atoms with van der Waals surface area (Å²) in [5.74, 6) is 5.67. The molecule has 1 unspecified atom stereocenters. The number of nitrogens with two attached hydrogens (primary N) is 3. The van der Waals surface area contributed by atoms with E-state index in [2.05, 4.69) is 34.1 Å². The van der Waals surface area contributed by atoms with Crippen molar-refractivity contribution in [2.45, 2.75) is 39.2 Å². The third-order valence-electron chi connectivity index (χ3n) is 6.56. The first-order valence-corrected chi connectivity index (χ1v) is 14.1. The predicted molar refractivity (Wildman–Crippen MR) is 169 cm³/mol. The van der Waals surface area contributed by atoms with Gasteiger partial charge in [0.15, 0.2) is 5.82 Å². The van der Waals surface area contributed by atoms with Crippen molar-refractivity contribution in [1.82, 2.24) is 19.9 Å². The number of hydrazine groups is 1. The number of allylic oxidation sites excluding steroid dienone is 1. The number of carbonyl (C=O) groups excluding carboxylic acids is 1. The van der Waals surface area contributed by atoms with Crippen molar-refractivity contribution in [3.8, 4) is 11.3 Å². The number of nitrogens with one attached hydrogen (secondary N) is 1. The van der Waals surface area contributed by atoms with Crippen LogP contribution in [0.4, 0.5) is 10.1 Å². The molecule has 0 saturated carbocycles. The van der Waals surface area contributed by atoms with Gasteiger partial charge in [0, 0.05) is 31.1 Å². The number of pyridine rings is 1. The van der Waals surface area contributed by atoms with Gasteiger partial charge in [0.1, 0.15) is 5.16 Å². The molecular weight excluding hydrogens is 596 g/mol. The Hall–Kier alpha value is -4.26. The highest BCUT2D eigenvalue weighted by molar-refractivity contribution is 6.31. The van der Waals surface area contributed by atoms with Gasteiger partial charge in [-0.15, -0.1) is 0 Å². The maximum Gasteiger partial charge on any atom is 0.254 e. The third kappa shape index (κ3) is 8.19. The summed E-state index contributed by atoms with van der Waals surface area (Å²) in [6, 6.07) is 6.97. The maximum atomic E-state index is 15.3. The number of hydrogen-bond acceptors (Lipinski definition) is 9. The molecule has 0 radical (unpaired) electrons. The fourth-order valence-corrected chi connectivity index (χ4v) is 4.84. The number of benzene rings is 1. The van der Waals surface area contributed by atoms with Crippen LogP contribution >= 0.6 is 23.2 Å². The number of anilines is 1. The SMILES string of the molecule is CN=C(C(=CN)NC=O)c1ccnc(C(CCCC(C)C)n2cnc(-c3c(N(N)/C=C(\N)Cl)ccc(Cl)c3F)cc2=O)c1. The minimum Gasteiger partial charge on any atom is -0.403 e. The highest BCUT2D eigenvalue weighted by Gasteiger charge is 2.23. The van der Waals surface area contributed by atoms with Crippen LogP contribution in [0.15, 0.2) is 75.9 Å². The molecule has 0 aliphatic heterocycles. The number of rotatable bonds is 13. The van der Waals surface area contributed by atoms with Crippen LogP contribution in [-0.2, 0) is 4.79 Å². The summed E-state index contributed by atoms with van der Waals surface area (Å²) >= 11 is 11.8. The van der Waals surface area contributed by atoms with Crippen LogP contribution in [0.2, 0.25) is 5.02 Å². The van der Waals surface area contributed by atoms with Gasteiger partial charge in [-0.1, -0.05) is 49.9 Å². The van der Waals surface area contributed by atoms with Gasteiger partial charge in [-0.2, -0.15) is 0 Å². The molecule has 3 aromatic rings. The molecule has 43 heavy (non-hydrogen) atoms. The first-order chi connectivity index (χ1) is 20.5. The topological polar surface area (TPSA) is 171 Å². The Morgan fingerprint density at radius 1 is 1.23 bits per heavy atom. The van der Waals surface area contributed by atoms with E-state index in [4.69, 9.17) is 40.5 Å². The van der Waals surface area contributed by atoms with E-state index in [1.807, 2.05) is 0 Å². The molecule has 2 heterocycles. The number of halogens is 3. The molecule has 11 nitrogen and oxygen atoms in total. The first-order valence-electron chi connectivity index (χ1n) is 13.3. The molecule has 0 saturated heterocycles. The second-order valence-electron chi connectivity index (χ2n) is 9.92. The molecule has 0 aliphatic carbocycles. The normalized spacial score (nSPS) is 13.3. The van der Waals surface area contributed by atoms with Crippen molar-refractivity contribution >= 4 is 41.0 Å². The smallest absolute Gasteiger partial charge is 0.254 e. The lowest BCUT2D eigenvalue weighted by molar-refractivity contribution is -0.108. The number of amides is 1. The van der Waals surface area contributed by atoms with Gasteiger partial charge in [0.25, 0.3) is 5.56 Å². The number of aromatic nitrogens is 3. The van der Waals surface area contributed by atoms with Crippen LogP contribution in [0.25, 0.3) is 11.3 Å². The Balaban J connectivity index is 2.14. The Labute approximate surface area is 258 Å². The standard InChI is InChI=1S/C29H34Cl2FN9O2/c1-17(2)5-4-6-23(20-11-18(9-10-37-20)29(36-3)22(13-33)39-16-42)40-15-38-21(12-26(40)43)27-24(41(35)14-25(31)34)8-7-19(30)28(27)32/h7-17,23H,4-6,33-35H2,1-3H3,(H,39,42)/b22-13?,25-14-,36-29?. The summed E-state index contributed by atoms with van der Waals surface area (Å²) in [6.07, 6.45) is 8.14. The lowest BCUT2D eigenvalue weighted by Crippen LogP contribution is -2.28. The average Bonchev–Trinajstić information content (AvgIpc) is 2.96. The monoisotopic (exact) mass is 629 g/mol. The molecule has 7 N–H and O–H groups in total. The highest BCUT2D eigenvalue weighted by Crippen LogP contribution is 2.35. The molecule has 0 aliphatic rings. The van der Waals surface area contributed by atoms with Crippen LogP contribution in [0.5, 0.6) is 0 Å². The van der Waals surface area contributed by atoms with E-state index in [0.29, 0.717) is 41.4 Å². The fourth-order valence-electron chi connectivity index (χ4n) is 4.57. The van der Waals surface area contributed by atoms with Crippen molar-refractivity contribution in [3.63, 3.8) is 0 Å². The summed E-state index contributed by atoms with van der Waals surface area (Å²) in [5, 5.41) is 3.23. The van der Waals surface area contributed by atoms with Crippen LogP contribution < -0.4 is 33.2 Å². The zero-order chi connectivity index (χ0) is 31.7. The molecule has 2 aromatic heterocycles. The van der Waals surface area contributed by atoms with Gasteiger partial charge in [0.05, 0.1) is 57.6 Å². The van der Waals surface area contributed by atoms with Crippen LogP contribution in [0.1, 0.15) is 50.4 Å². The summed E-state index contributed by atoms with van der Waals surface area (Å²) in [7, 11) is 1.57. The summed E-state index contributed by atoms with van der Waals surface area (Å²) in [6.45, 7) is 4.23. The molecule has 0 fully saturated rings. The van der Waals surface area contributed by atoms with Crippen molar-refractivity contribution in [3.05, 3.63) is 98.6 Å². The molecular formula is C29H34Cl2FN9O2. The predicted octanol–water partition coefficient (Wildman–Crippen LogP) is 4.16. The largest absolute Gasteiger partial charge is 0.403 e. The fraction of sp³-hybridized carbons (Fsp3) is 0.276. The second-order valence-corrected chi connectivity index (χ2v) is 10.8. The first kappa shape index (κ1) is 33.2. The number of nitrogens with zero attached hydrogens (tertiary/aromatic N) is 5. The van der Waals surface area contributed by atoms with Gasteiger partial charge in [-0.25, -0.2) is 15.2 Å². The molecule has 0 spiro atoms. The zero-order valence-corrected chi connectivity index (χ0v) is 25.5. The van der Waals surface area contributed by atoms with E-state index in [1.54, 1.807) is 25.4 Å². The van der Waals surface area contributed by atoms with Crippen LogP contribution in [-0.4, -0.2) is 33.7 Å². The van der Waals surface area contributed by atoms with Gasteiger partial charge >= 0.3 is 0 Å². The zero-order valence-electron chi connectivity index (χ0n) is 24.0. The molecule has 3 rings (SSSR count). The lowest BCUT2D eigenvalue weighted by atomic mass is 9.98. The third-order valence-corrected chi connectivity index (χ3v) is 6.95. The summed E-state index contributed by atoms with van der Waals surface area (Å²) in [4.78, 5) is 38.0. The highest BCUT2D eigenvalue weighted by atomic mass is 35.5. The van der Waals surface area contributed by atoms with E-state index in [-0.39, 0.29) is 27.1 Å². The van der Waals surface area contributed by atoms with E-state index < -0.39 is 17.4 Å². The van der Waals surface area contributed by atoms with E-state index >= 15 is 4.39 Å². The number of carbonyl (C=O) groups is 1. The van der Waals surface area contributed by atoms with Gasteiger partial charge < -0.3 is 16.8 Å². The molecule has 228 valence electrons. The molecule has 1 atom stereocenters. The quantitative estimate of drug-likeness (QED) is 0.0717. The number of hydrogen-bond donors (Lipinski definition) is 4. The molecule has 14 heteroatoms. The van der Waals surface area contributed by atoms with Crippen molar-refractivity contribution in [2.75, 3.05) is 12.1 Å².